The molecule has 0 aromatic heterocycles. The molecule has 4 unspecified atom stereocenters. The van der Waals surface area contributed by atoms with Gasteiger partial charge in [-0.15, -0.1) is 0 Å². The van der Waals surface area contributed by atoms with Crippen LogP contribution >= 0.6 is 0 Å². The van der Waals surface area contributed by atoms with Gasteiger partial charge in [0.1, 0.15) is 19.3 Å². The predicted molar refractivity (Wildman–Crippen MR) is 192 cm³/mol. The Hall–Kier alpha value is -7.43. The van der Waals surface area contributed by atoms with Crippen molar-refractivity contribution in [2.75, 3.05) is 13.2 Å². The van der Waals surface area contributed by atoms with Crippen LogP contribution in [0.5, 0.6) is 34.5 Å². The lowest BCUT2D eigenvalue weighted by Crippen LogP contribution is -2.58. The van der Waals surface area contributed by atoms with Crippen molar-refractivity contribution >= 4 is 65.7 Å². The number of rotatable bonds is 15. The van der Waals surface area contributed by atoms with Crippen molar-refractivity contribution in [3.63, 3.8) is 0 Å². The first kappa shape index (κ1) is 47.9. The van der Waals surface area contributed by atoms with Crippen molar-refractivity contribution in [2.24, 2.45) is 0 Å². The Labute approximate surface area is 344 Å². The standard InChI is InChI=1S/C38H38O23/c1-16(39)52-27-10-25(11-28(53-17(2)40)32(27)56-20(5)43)35(48)50-14-31-34(58-22(7)45)38(61-24(9)47,37(60-31)59-23(8)46)15-51-36(49)26-12-29(54-18(3)41)33(57-21(6)44)30(13-26)55-19(4)42/h10-13,31,34,37H,14-15H2,1-9H3. The summed E-state index contributed by atoms with van der Waals surface area (Å²) < 4.78 is 63.2. The van der Waals surface area contributed by atoms with Crippen molar-refractivity contribution in [2.45, 2.75) is 86.4 Å². The van der Waals surface area contributed by atoms with E-state index in [2.05, 4.69) is 0 Å². The van der Waals surface area contributed by atoms with E-state index >= 15 is 0 Å². The molecular weight excluding hydrogens is 824 g/mol. The van der Waals surface area contributed by atoms with Crippen molar-refractivity contribution in [1.82, 2.24) is 0 Å². The summed E-state index contributed by atoms with van der Waals surface area (Å²) in [5.74, 6) is -14.9. The summed E-state index contributed by atoms with van der Waals surface area (Å²) in [4.78, 5) is 136. The molecule has 1 aliphatic heterocycles. The Morgan fingerprint density at radius 2 is 0.836 bits per heavy atom. The minimum absolute atomic E-state index is 0.469. The van der Waals surface area contributed by atoms with Gasteiger partial charge in [0.05, 0.1) is 11.1 Å². The second-order valence-electron chi connectivity index (χ2n) is 12.5. The number of hydrogen-bond acceptors (Lipinski definition) is 23. The third-order valence-corrected chi connectivity index (χ3v) is 7.24. The lowest BCUT2D eigenvalue weighted by Gasteiger charge is -2.35. The Balaban J connectivity index is 2.10. The molecule has 1 fully saturated rings. The molecule has 2 aromatic rings. The first-order valence-corrected chi connectivity index (χ1v) is 17.4. The number of hydrogen-bond donors (Lipinski definition) is 0. The summed E-state index contributed by atoms with van der Waals surface area (Å²) in [5, 5.41) is 0. The van der Waals surface area contributed by atoms with Gasteiger partial charge in [-0.1, -0.05) is 0 Å². The molecule has 0 amide bonds. The molecule has 3 rings (SSSR count). The highest BCUT2D eigenvalue weighted by molar-refractivity contribution is 5.93. The van der Waals surface area contributed by atoms with Crippen LogP contribution in [-0.4, -0.2) is 103 Å². The van der Waals surface area contributed by atoms with E-state index in [-0.39, 0.29) is 0 Å². The number of benzene rings is 2. The van der Waals surface area contributed by atoms with Crippen LogP contribution in [0.2, 0.25) is 0 Å². The summed E-state index contributed by atoms with van der Waals surface area (Å²) in [5.41, 5.74) is -3.57. The number of ether oxygens (including phenoxy) is 12. The Morgan fingerprint density at radius 3 is 1.16 bits per heavy atom. The average molecular weight is 863 g/mol. The zero-order chi connectivity index (χ0) is 45.9. The minimum Gasteiger partial charge on any atom is -0.459 e. The van der Waals surface area contributed by atoms with Crippen LogP contribution in [0, 0.1) is 0 Å². The summed E-state index contributed by atoms with van der Waals surface area (Å²) >= 11 is 0. The SMILES string of the molecule is CC(=O)Oc1cc(C(=O)OCC2OC(OC(C)=O)C(COC(=O)c3cc(OC(C)=O)c(OC(C)=O)c(OC(C)=O)c3)(OC(C)=O)C2OC(C)=O)cc(OC(C)=O)c1OC(C)=O. The Bertz CT molecular complexity index is 2080. The molecule has 61 heavy (non-hydrogen) atoms. The maximum atomic E-state index is 13.7. The quantitative estimate of drug-likeness (QED) is 0.140. The zero-order valence-corrected chi connectivity index (χ0v) is 33.8. The van der Waals surface area contributed by atoms with Crippen molar-refractivity contribution < 1.29 is 110 Å². The van der Waals surface area contributed by atoms with E-state index in [1.165, 1.54) is 0 Å². The summed E-state index contributed by atoms with van der Waals surface area (Å²) in [6, 6.07) is 3.53. The van der Waals surface area contributed by atoms with Crippen LogP contribution in [0.3, 0.4) is 0 Å². The van der Waals surface area contributed by atoms with Crippen molar-refractivity contribution in [3.8, 4) is 34.5 Å². The van der Waals surface area contributed by atoms with Gasteiger partial charge in [0.25, 0.3) is 6.29 Å². The largest absolute Gasteiger partial charge is 0.459 e. The highest BCUT2D eigenvalue weighted by atomic mass is 16.8. The van der Waals surface area contributed by atoms with Gasteiger partial charge < -0.3 is 56.8 Å². The highest BCUT2D eigenvalue weighted by Crippen LogP contribution is 2.43. The first-order valence-electron chi connectivity index (χ1n) is 17.4. The molecule has 0 radical (unpaired) electrons. The lowest BCUT2D eigenvalue weighted by molar-refractivity contribution is -0.231. The van der Waals surface area contributed by atoms with E-state index in [0.717, 1.165) is 86.6 Å². The zero-order valence-electron chi connectivity index (χ0n) is 33.8. The molecule has 0 aliphatic carbocycles. The minimum atomic E-state index is -2.57. The third kappa shape index (κ3) is 13.3. The van der Waals surface area contributed by atoms with Gasteiger partial charge in [0.2, 0.25) is 17.1 Å². The topological polar surface area (TPSA) is 299 Å². The van der Waals surface area contributed by atoms with Gasteiger partial charge >= 0.3 is 65.7 Å². The molecule has 23 nitrogen and oxygen atoms in total. The van der Waals surface area contributed by atoms with Crippen LogP contribution < -0.4 is 28.4 Å². The van der Waals surface area contributed by atoms with Gasteiger partial charge in [-0.3, -0.25) is 43.2 Å². The maximum Gasteiger partial charge on any atom is 0.338 e. The van der Waals surface area contributed by atoms with Crippen LogP contribution in [0.4, 0.5) is 0 Å². The van der Waals surface area contributed by atoms with E-state index in [1.54, 1.807) is 0 Å². The molecule has 2 aromatic carbocycles. The fourth-order valence-corrected chi connectivity index (χ4v) is 5.41. The maximum absolute atomic E-state index is 13.7. The lowest BCUT2D eigenvalue weighted by atomic mass is 9.95. The van der Waals surface area contributed by atoms with Crippen LogP contribution in [-0.2, 0) is 71.6 Å². The van der Waals surface area contributed by atoms with Crippen LogP contribution in [0.1, 0.15) is 83.0 Å². The van der Waals surface area contributed by atoms with E-state index < -0.39 is 149 Å². The fourth-order valence-electron chi connectivity index (χ4n) is 5.41. The monoisotopic (exact) mass is 862 g/mol. The molecule has 23 heteroatoms. The molecule has 1 heterocycles. The molecule has 0 spiro atoms. The van der Waals surface area contributed by atoms with E-state index in [9.17, 15) is 52.7 Å². The first-order chi connectivity index (χ1) is 28.4. The number of esters is 11. The summed E-state index contributed by atoms with van der Waals surface area (Å²) in [6.07, 6.45) is -5.69. The highest BCUT2D eigenvalue weighted by Gasteiger charge is 2.65. The van der Waals surface area contributed by atoms with Gasteiger partial charge in [-0.25, -0.2) is 9.59 Å². The summed E-state index contributed by atoms with van der Waals surface area (Å²) in [7, 11) is 0. The Morgan fingerprint density at radius 1 is 0.475 bits per heavy atom. The normalized spacial score (nSPS) is 17.6. The second-order valence-corrected chi connectivity index (χ2v) is 12.5. The van der Waals surface area contributed by atoms with E-state index in [1.807, 2.05) is 0 Å². The van der Waals surface area contributed by atoms with Crippen molar-refractivity contribution in [3.05, 3.63) is 35.4 Å². The van der Waals surface area contributed by atoms with Gasteiger partial charge in [0.15, 0.2) is 29.1 Å². The number of carbonyl (C=O) groups excluding carboxylic acids is 11. The molecule has 0 saturated carbocycles. The Kier molecular flexibility index (Phi) is 16.1. The third-order valence-electron chi connectivity index (χ3n) is 7.24. The van der Waals surface area contributed by atoms with Crippen LogP contribution in [0.25, 0.3) is 0 Å². The second kappa shape index (κ2) is 20.5. The van der Waals surface area contributed by atoms with E-state index in [0.29, 0.717) is 0 Å². The average Bonchev–Trinajstić information content (AvgIpc) is 3.36. The number of carbonyl (C=O) groups is 11. The van der Waals surface area contributed by atoms with E-state index in [4.69, 9.17) is 56.8 Å². The fraction of sp³-hybridized carbons (Fsp3) is 0.395. The van der Waals surface area contributed by atoms with Gasteiger partial charge in [-0.2, -0.15) is 0 Å². The van der Waals surface area contributed by atoms with Gasteiger partial charge in [-0.05, 0) is 24.3 Å². The predicted octanol–water partition coefficient (Wildman–Crippen LogP) is 1.77. The van der Waals surface area contributed by atoms with Gasteiger partial charge in [0, 0.05) is 62.3 Å². The molecule has 0 N–H and O–H groups in total. The smallest absolute Gasteiger partial charge is 0.338 e. The molecule has 328 valence electrons. The van der Waals surface area contributed by atoms with Crippen LogP contribution in [0.15, 0.2) is 24.3 Å². The molecule has 1 saturated heterocycles. The molecule has 4 atom stereocenters. The van der Waals surface area contributed by atoms with Crippen molar-refractivity contribution in [1.29, 1.82) is 0 Å². The summed E-state index contributed by atoms with van der Waals surface area (Å²) in [6.45, 7) is 6.52. The molecule has 1 aliphatic rings. The molecule has 0 bridgehead atoms. The molecular formula is C38H38O23.